The van der Waals surface area contributed by atoms with Gasteiger partial charge in [-0.1, -0.05) is 6.07 Å². The average molecular weight is 443 g/mol. The number of nitrogens with zero attached hydrogens (tertiary/aromatic N) is 3. The van der Waals surface area contributed by atoms with Crippen LogP contribution < -0.4 is 20.1 Å². The lowest BCUT2D eigenvalue weighted by Crippen LogP contribution is -2.29. The standard InChI is InChI=1S/C21H25N5O6/c27-13-32-18(9-14-3-5-22-6-4-14)19-20(26(28)29)21(25-12-24-19)23-11-15-1-2-16-17(10-15)31-8-7-30-16/h1-2,10,12-14,18,22H,3-9,11H2,(H,23,24,25). The summed E-state index contributed by atoms with van der Waals surface area (Å²) in [4.78, 5) is 30.8. The highest BCUT2D eigenvalue weighted by Gasteiger charge is 2.32. The molecule has 0 spiro atoms. The van der Waals surface area contributed by atoms with Crippen molar-refractivity contribution in [3.05, 3.63) is 45.9 Å². The summed E-state index contributed by atoms with van der Waals surface area (Å²) >= 11 is 0. The molecule has 2 aliphatic rings. The van der Waals surface area contributed by atoms with Crippen LogP contribution in [0.25, 0.3) is 0 Å². The number of aromatic nitrogens is 2. The number of rotatable bonds is 9. The van der Waals surface area contributed by atoms with Gasteiger partial charge in [0.2, 0.25) is 5.82 Å². The topological polar surface area (TPSA) is 138 Å². The molecule has 11 heteroatoms. The smallest absolute Gasteiger partial charge is 0.336 e. The fraction of sp³-hybridized carbons (Fsp3) is 0.476. The zero-order valence-electron chi connectivity index (χ0n) is 17.5. The van der Waals surface area contributed by atoms with E-state index < -0.39 is 11.0 Å². The molecule has 1 unspecified atom stereocenters. The summed E-state index contributed by atoms with van der Waals surface area (Å²) in [6.45, 7) is 3.31. The minimum Gasteiger partial charge on any atom is -0.486 e. The van der Waals surface area contributed by atoms with E-state index in [2.05, 4.69) is 20.6 Å². The molecule has 2 N–H and O–H groups in total. The van der Waals surface area contributed by atoms with Gasteiger partial charge < -0.3 is 24.8 Å². The van der Waals surface area contributed by atoms with Gasteiger partial charge >= 0.3 is 5.69 Å². The molecule has 0 bridgehead atoms. The second-order valence-electron chi connectivity index (χ2n) is 7.69. The Labute approximate surface area is 184 Å². The normalized spacial score (nSPS) is 16.8. The van der Waals surface area contributed by atoms with Crippen LogP contribution in [-0.2, 0) is 16.1 Å². The van der Waals surface area contributed by atoms with Crippen molar-refractivity contribution in [2.45, 2.75) is 31.9 Å². The highest BCUT2D eigenvalue weighted by Crippen LogP contribution is 2.36. The molecule has 32 heavy (non-hydrogen) atoms. The van der Waals surface area contributed by atoms with Crippen molar-refractivity contribution in [2.75, 3.05) is 31.6 Å². The van der Waals surface area contributed by atoms with E-state index in [-0.39, 0.29) is 29.7 Å². The van der Waals surface area contributed by atoms with Gasteiger partial charge in [-0.25, -0.2) is 9.97 Å². The Morgan fingerprint density at radius 1 is 1.25 bits per heavy atom. The number of carbonyl (C=O) groups is 1. The molecular formula is C21H25N5O6. The number of hydrogen-bond acceptors (Lipinski definition) is 10. The van der Waals surface area contributed by atoms with Crippen LogP contribution in [0.15, 0.2) is 24.5 Å². The fourth-order valence-electron chi connectivity index (χ4n) is 4.04. The SMILES string of the molecule is O=COC(CC1CCNCC1)c1ncnc(NCc2ccc3c(c2)OCCO3)c1[N+](=O)[O-]. The molecule has 1 saturated heterocycles. The number of nitro groups is 1. The summed E-state index contributed by atoms with van der Waals surface area (Å²) < 4.78 is 16.4. The van der Waals surface area contributed by atoms with Crippen LogP contribution >= 0.6 is 0 Å². The minimum atomic E-state index is -0.811. The summed E-state index contributed by atoms with van der Waals surface area (Å²) in [6, 6.07) is 5.48. The minimum absolute atomic E-state index is 0.0692. The van der Waals surface area contributed by atoms with Gasteiger partial charge in [-0.05, 0) is 56.0 Å². The molecule has 4 rings (SSSR count). The molecule has 170 valence electrons. The number of hydrogen-bond donors (Lipinski definition) is 2. The molecule has 0 radical (unpaired) electrons. The van der Waals surface area contributed by atoms with Crippen molar-refractivity contribution in [1.82, 2.24) is 15.3 Å². The van der Waals surface area contributed by atoms with Gasteiger partial charge in [0.05, 0.1) is 4.92 Å². The van der Waals surface area contributed by atoms with Crippen molar-refractivity contribution in [3.8, 4) is 11.5 Å². The van der Waals surface area contributed by atoms with Gasteiger partial charge in [0, 0.05) is 6.54 Å². The largest absolute Gasteiger partial charge is 0.486 e. The highest BCUT2D eigenvalue weighted by atomic mass is 16.6. The van der Waals surface area contributed by atoms with Crippen LogP contribution in [-0.4, -0.2) is 47.7 Å². The zero-order chi connectivity index (χ0) is 22.3. The number of nitrogens with one attached hydrogen (secondary N) is 2. The van der Waals surface area contributed by atoms with Crippen molar-refractivity contribution in [3.63, 3.8) is 0 Å². The molecule has 3 heterocycles. The van der Waals surface area contributed by atoms with Gasteiger partial charge in [-0.15, -0.1) is 0 Å². The van der Waals surface area contributed by atoms with Crippen LogP contribution in [0.1, 0.15) is 36.6 Å². The van der Waals surface area contributed by atoms with Gasteiger partial charge in [0.1, 0.15) is 19.5 Å². The van der Waals surface area contributed by atoms with E-state index in [4.69, 9.17) is 14.2 Å². The van der Waals surface area contributed by atoms with Gasteiger partial charge in [-0.2, -0.15) is 0 Å². The predicted molar refractivity (Wildman–Crippen MR) is 114 cm³/mol. The third-order valence-electron chi connectivity index (χ3n) is 5.63. The maximum Gasteiger partial charge on any atom is 0.336 e. The van der Waals surface area contributed by atoms with E-state index >= 15 is 0 Å². The summed E-state index contributed by atoms with van der Waals surface area (Å²) in [7, 11) is 0. The average Bonchev–Trinajstić information content (AvgIpc) is 2.82. The Balaban J connectivity index is 1.55. The number of piperidine rings is 1. The molecular weight excluding hydrogens is 418 g/mol. The number of anilines is 1. The number of carbonyl (C=O) groups excluding carboxylic acids is 1. The zero-order valence-corrected chi connectivity index (χ0v) is 17.5. The van der Waals surface area contributed by atoms with Crippen molar-refractivity contribution in [1.29, 1.82) is 0 Å². The molecule has 1 aromatic heterocycles. The highest BCUT2D eigenvalue weighted by molar-refractivity contribution is 5.59. The van der Waals surface area contributed by atoms with Gasteiger partial charge in [0.25, 0.3) is 6.47 Å². The Kier molecular flexibility index (Phi) is 6.95. The van der Waals surface area contributed by atoms with Crippen LogP contribution in [0.5, 0.6) is 11.5 Å². The van der Waals surface area contributed by atoms with Crippen LogP contribution in [0.4, 0.5) is 11.5 Å². The number of fused-ring (bicyclic) bond motifs is 1. The van der Waals surface area contributed by atoms with Crippen LogP contribution in [0.3, 0.4) is 0 Å². The Morgan fingerprint density at radius 2 is 2.03 bits per heavy atom. The van der Waals surface area contributed by atoms with Gasteiger partial charge in [-0.3, -0.25) is 14.9 Å². The van der Waals surface area contributed by atoms with E-state index in [1.54, 1.807) is 6.07 Å². The summed E-state index contributed by atoms with van der Waals surface area (Å²) in [5, 5.41) is 18.2. The molecule has 2 aliphatic heterocycles. The molecule has 0 amide bonds. The first-order valence-electron chi connectivity index (χ1n) is 10.6. The molecule has 1 atom stereocenters. The molecule has 1 fully saturated rings. The number of ether oxygens (including phenoxy) is 3. The first-order valence-corrected chi connectivity index (χ1v) is 10.6. The van der Waals surface area contributed by atoms with Crippen LogP contribution in [0, 0.1) is 16.0 Å². The van der Waals surface area contributed by atoms with E-state index in [1.807, 2.05) is 12.1 Å². The summed E-state index contributed by atoms with van der Waals surface area (Å²) in [6.07, 6.45) is 2.73. The van der Waals surface area contributed by atoms with E-state index in [0.29, 0.717) is 37.6 Å². The lowest BCUT2D eigenvalue weighted by atomic mass is 9.90. The lowest BCUT2D eigenvalue weighted by molar-refractivity contribution is -0.385. The summed E-state index contributed by atoms with van der Waals surface area (Å²) in [5.74, 6) is 1.65. The molecule has 0 aliphatic carbocycles. The van der Waals surface area contributed by atoms with Crippen molar-refractivity contribution in [2.24, 2.45) is 5.92 Å². The lowest BCUT2D eigenvalue weighted by Gasteiger charge is -2.26. The first kappa shape index (κ1) is 21.8. The van der Waals surface area contributed by atoms with E-state index in [9.17, 15) is 14.9 Å². The maximum absolute atomic E-state index is 11.9. The molecule has 1 aromatic carbocycles. The third-order valence-corrected chi connectivity index (χ3v) is 5.63. The van der Waals surface area contributed by atoms with E-state index in [0.717, 1.165) is 31.5 Å². The second kappa shape index (κ2) is 10.2. The third kappa shape index (κ3) is 5.05. The maximum atomic E-state index is 11.9. The van der Waals surface area contributed by atoms with Crippen molar-refractivity contribution < 1.29 is 23.9 Å². The fourth-order valence-corrected chi connectivity index (χ4v) is 4.04. The van der Waals surface area contributed by atoms with Crippen molar-refractivity contribution >= 4 is 18.0 Å². The predicted octanol–water partition coefficient (Wildman–Crippen LogP) is 2.37. The Bertz CT molecular complexity index is 966. The quantitative estimate of drug-likeness (QED) is 0.337. The van der Waals surface area contributed by atoms with E-state index in [1.165, 1.54) is 6.33 Å². The Hall–Kier alpha value is -3.47. The molecule has 0 saturated carbocycles. The number of benzene rings is 1. The van der Waals surface area contributed by atoms with Crippen LogP contribution in [0.2, 0.25) is 0 Å². The van der Waals surface area contributed by atoms with Gasteiger partial charge in [0.15, 0.2) is 23.3 Å². The Morgan fingerprint density at radius 3 is 2.78 bits per heavy atom. The molecule has 2 aromatic rings. The first-order chi connectivity index (χ1) is 15.7. The summed E-state index contributed by atoms with van der Waals surface area (Å²) in [5.41, 5.74) is 0.658. The molecule has 11 nitrogen and oxygen atoms in total. The second-order valence-corrected chi connectivity index (χ2v) is 7.69. The monoisotopic (exact) mass is 443 g/mol.